The van der Waals surface area contributed by atoms with Gasteiger partial charge in [-0.25, -0.2) is 0 Å². The molecule has 4 nitrogen and oxygen atoms in total. The lowest BCUT2D eigenvalue weighted by atomic mass is 10.2. The van der Waals surface area contributed by atoms with Crippen molar-refractivity contribution in [2.75, 3.05) is 19.8 Å². The molecule has 1 unspecified atom stereocenters. The molecular formula is C11H21N3O. The van der Waals surface area contributed by atoms with E-state index in [1.807, 2.05) is 30.1 Å². The summed E-state index contributed by atoms with van der Waals surface area (Å²) in [6.45, 7) is 7.69. The molecule has 0 aromatic carbocycles. The average Bonchev–Trinajstić information content (AvgIpc) is 2.74. The van der Waals surface area contributed by atoms with Gasteiger partial charge in [0.05, 0.1) is 6.61 Å². The first-order chi connectivity index (χ1) is 7.33. The van der Waals surface area contributed by atoms with Gasteiger partial charge in [0.1, 0.15) is 0 Å². The SMILES string of the molecule is CCOCCNC(C)CCn1cccn1. The zero-order valence-electron chi connectivity index (χ0n) is 9.65. The molecule has 1 atom stereocenters. The summed E-state index contributed by atoms with van der Waals surface area (Å²) in [5.74, 6) is 0. The number of aromatic nitrogens is 2. The number of hydrogen-bond donors (Lipinski definition) is 1. The van der Waals surface area contributed by atoms with Crippen LogP contribution in [0.3, 0.4) is 0 Å². The number of hydrogen-bond acceptors (Lipinski definition) is 3. The summed E-state index contributed by atoms with van der Waals surface area (Å²) >= 11 is 0. The van der Waals surface area contributed by atoms with Crippen LogP contribution in [0.2, 0.25) is 0 Å². The molecule has 1 aromatic rings. The van der Waals surface area contributed by atoms with Crippen LogP contribution in [0, 0.1) is 0 Å². The number of aryl methyl sites for hydroxylation is 1. The Hall–Kier alpha value is -0.870. The molecule has 0 saturated carbocycles. The molecule has 0 saturated heterocycles. The van der Waals surface area contributed by atoms with Crippen molar-refractivity contribution in [2.45, 2.75) is 32.9 Å². The van der Waals surface area contributed by atoms with Crippen LogP contribution < -0.4 is 5.32 Å². The van der Waals surface area contributed by atoms with E-state index in [9.17, 15) is 0 Å². The minimum Gasteiger partial charge on any atom is -0.380 e. The fourth-order valence-electron chi connectivity index (χ4n) is 1.38. The van der Waals surface area contributed by atoms with Crippen molar-refractivity contribution < 1.29 is 4.74 Å². The van der Waals surface area contributed by atoms with Gasteiger partial charge in [-0.2, -0.15) is 5.10 Å². The summed E-state index contributed by atoms with van der Waals surface area (Å²) in [5, 5.41) is 7.58. The monoisotopic (exact) mass is 211 g/mol. The van der Waals surface area contributed by atoms with E-state index in [4.69, 9.17) is 4.74 Å². The fraction of sp³-hybridized carbons (Fsp3) is 0.727. The maximum atomic E-state index is 5.25. The Kier molecular flexibility index (Phi) is 6.04. The van der Waals surface area contributed by atoms with E-state index in [0.29, 0.717) is 6.04 Å². The van der Waals surface area contributed by atoms with Crippen LogP contribution >= 0.6 is 0 Å². The van der Waals surface area contributed by atoms with Crippen molar-refractivity contribution >= 4 is 0 Å². The smallest absolute Gasteiger partial charge is 0.0590 e. The lowest BCUT2D eigenvalue weighted by Gasteiger charge is -2.13. The van der Waals surface area contributed by atoms with Crippen LogP contribution in [-0.4, -0.2) is 35.6 Å². The third-order valence-electron chi connectivity index (χ3n) is 2.29. The summed E-state index contributed by atoms with van der Waals surface area (Å²) in [7, 11) is 0. The summed E-state index contributed by atoms with van der Waals surface area (Å²) in [4.78, 5) is 0. The first kappa shape index (κ1) is 12.2. The number of ether oxygens (including phenoxy) is 1. The van der Waals surface area contributed by atoms with Gasteiger partial charge in [0, 0.05) is 38.1 Å². The van der Waals surface area contributed by atoms with Gasteiger partial charge in [-0.05, 0) is 26.3 Å². The highest BCUT2D eigenvalue weighted by Gasteiger charge is 2.00. The van der Waals surface area contributed by atoms with Crippen LogP contribution in [0.1, 0.15) is 20.3 Å². The van der Waals surface area contributed by atoms with Gasteiger partial charge >= 0.3 is 0 Å². The Labute approximate surface area is 91.6 Å². The van der Waals surface area contributed by atoms with Gasteiger partial charge in [-0.1, -0.05) is 0 Å². The van der Waals surface area contributed by atoms with E-state index in [1.165, 1.54) is 0 Å². The first-order valence-corrected chi connectivity index (χ1v) is 5.61. The summed E-state index contributed by atoms with van der Waals surface area (Å²) in [5.41, 5.74) is 0. The van der Waals surface area contributed by atoms with Crippen molar-refractivity contribution in [3.63, 3.8) is 0 Å². The molecule has 1 heterocycles. The molecular weight excluding hydrogens is 190 g/mol. The zero-order chi connectivity index (χ0) is 10.9. The Morgan fingerprint density at radius 3 is 3.07 bits per heavy atom. The predicted molar refractivity (Wildman–Crippen MR) is 60.8 cm³/mol. The normalized spacial score (nSPS) is 12.9. The molecule has 1 rings (SSSR count). The van der Waals surface area contributed by atoms with Crippen molar-refractivity contribution in [3.05, 3.63) is 18.5 Å². The van der Waals surface area contributed by atoms with Gasteiger partial charge in [0.25, 0.3) is 0 Å². The molecule has 1 aromatic heterocycles. The molecule has 0 aliphatic carbocycles. The third-order valence-corrected chi connectivity index (χ3v) is 2.29. The Morgan fingerprint density at radius 1 is 1.53 bits per heavy atom. The topological polar surface area (TPSA) is 39.1 Å². The van der Waals surface area contributed by atoms with Crippen LogP contribution in [-0.2, 0) is 11.3 Å². The first-order valence-electron chi connectivity index (χ1n) is 5.61. The fourth-order valence-corrected chi connectivity index (χ4v) is 1.38. The Bertz CT molecular complexity index is 236. The number of rotatable bonds is 8. The molecule has 15 heavy (non-hydrogen) atoms. The highest BCUT2D eigenvalue weighted by Crippen LogP contribution is 1.94. The zero-order valence-corrected chi connectivity index (χ0v) is 9.65. The van der Waals surface area contributed by atoms with E-state index in [2.05, 4.69) is 17.3 Å². The molecule has 0 fully saturated rings. The van der Waals surface area contributed by atoms with Crippen molar-refractivity contribution in [3.8, 4) is 0 Å². The van der Waals surface area contributed by atoms with E-state index in [0.717, 1.165) is 32.7 Å². The van der Waals surface area contributed by atoms with Crippen LogP contribution in [0.4, 0.5) is 0 Å². The van der Waals surface area contributed by atoms with Gasteiger partial charge < -0.3 is 10.1 Å². The largest absolute Gasteiger partial charge is 0.380 e. The second kappa shape index (κ2) is 7.43. The van der Waals surface area contributed by atoms with Crippen LogP contribution in [0.5, 0.6) is 0 Å². The molecule has 0 aliphatic rings. The van der Waals surface area contributed by atoms with E-state index in [-0.39, 0.29) is 0 Å². The maximum absolute atomic E-state index is 5.25. The second-order valence-corrected chi connectivity index (χ2v) is 3.61. The predicted octanol–water partition coefficient (Wildman–Crippen LogP) is 1.29. The van der Waals surface area contributed by atoms with E-state index in [1.54, 1.807) is 0 Å². The van der Waals surface area contributed by atoms with E-state index < -0.39 is 0 Å². The Balaban J connectivity index is 2.01. The summed E-state index contributed by atoms with van der Waals surface area (Å²) < 4.78 is 7.21. The molecule has 0 radical (unpaired) electrons. The molecule has 0 spiro atoms. The highest BCUT2D eigenvalue weighted by molar-refractivity contribution is 4.78. The lowest BCUT2D eigenvalue weighted by molar-refractivity contribution is 0.146. The third kappa shape index (κ3) is 5.54. The minimum absolute atomic E-state index is 0.509. The lowest BCUT2D eigenvalue weighted by Crippen LogP contribution is -2.30. The minimum atomic E-state index is 0.509. The maximum Gasteiger partial charge on any atom is 0.0590 e. The van der Waals surface area contributed by atoms with Crippen molar-refractivity contribution in [1.82, 2.24) is 15.1 Å². The molecule has 0 amide bonds. The van der Waals surface area contributed by atoms with Crippen LogP contribution in [0.25, 0.3) is 0 Å². The Morgan fingerprint density at radius 2 is 2.40 bits per heavy atom. The standard InChI is InChI=1S/C11H21N3O/c1-3-15-10-7-12-11(2)5-9-14-8-4-6-13-14/h4,6,8,11-12H,3,5,7,9-10H2,1-2H3. The second-order valence-electron chi connectivity index (χ2n) is 3.61. The van der Waals surface area contributed by atoms with E-state index >= 15 is 0 Å². The average molecular weight is 211 g/mol. The van der Waals surface area contributed by atoms with Crippen molar-refractivity contribution in [1.29, 1.82) is 0 Å². The van der Waals surface area contributed by atoms with Gasteiger partial charge in [-0.3, -0.25) is 4.68 Å². The molecule has 1 N–H and O–H groups in total. The van der Waals surface area contributed by atoms with Gasteiger partial charge in [-0.15, -0.1) is 0 Å². The van der Waals surface area contributed by atoms with Gasteiger partial charge in [0.2, 0.25) is 0 Å². The van der Waals surface area contributed by atoms with Gasteiger partial charge in [0.15, 0.2) is 0 Å². The number of nitrogens with one attached hydrogen (secondary N) is 1. The quantitative estimate of drug-likeness (QED) is 0.659. The summed E-state index contributed by atoms with van der Waals surface area (Å²) in [6.07, 6.45) is 4.90. The summed E-state index contributed by atoms with van der Waals surface area (Å²) in [6, 6.07) is 2.46. The molecule has 4 heteroatoms. The molecule has 86 valence electrons. The molecule has 0 bridgehead atoms. The van der Waals surface area contributed by atoms with Crippen LogP contribution in [0.15, 0.2) is 18.5 Å². The highest BCUT2D eigenvalue weighted by atomic mass is 16.5. The van der Waals surface area contributed by atoms with Crippen molar-refractivity contribution in [2.24, 2.45) is 0 Å². The number of nitrogens with zero attached hydrogens (tertiary/aromatic N) is 2. The molecule has 0 aliphatic heterocycles.